The van der Waals surface area contributed by atoms with Crippen LogP contribution in [-0.4, -0.2) is 38.4 Å². The molecule has 0 N–H and O–H groups in total. The zero-order valence-corrected chi connectivity index (χ0v) is 19.5. The number of amides is 1. The van der Waals surface area contributed by atoms with Crippen molar-refractivity contribution in [2.24, 2.45) is 0 Å². The summed E-state index contributed by atoms with van der Waals surface area (Å²) in [6.07, 6.45) is 0. The van der Waals surface area contributed by atoms with Crippen LogP contribution in [0.15, 0.2) is 53.7 Å². The second-order valence-electron chi connectivity index (χ2n) is 8.54. The van der Waals surface area contributed by atoms with Crippen LogP contribution in [0.25, 0.3) is 11.4 Å². The van der Waals surface area contributed by atoms with Crippen molar-refractivity contribution in [1.82, 2.24) is 19.7 Å². The van der Waals surface area contributed by atoms with Crippen LogP contribution in [0.1, 0.15) is 38.8 Å². The Morgan fingerprint density at radius 2 is 1.71 bits per heavy atom. The average Bonchev–Trinajstić information content (AvgIpc) is 3.16. The van der Waals surface area contributed by atoms with Gasteiger partial charge in [0.05, 0.1) is 5.75 Å². The van der Waals surface area contributed by atoms with Gasteiger partial charge < -0.3 is 9.47 Å². The molecule has 0 spiro atoms. The predicted molar refractivity (Wildman–Crippen MR) is 123 cm³/mol. The molecule has 0 saturated heterocycles. The molecule has 3 aromatic rings. The van der Waals surface area contributed by atoms with Crippen molar-refractivity contribution in [3.05, 3.63) is 65.5 Å². The maximum Gasteiger partial charge on any atom is 0.233 e. The number of halogens is 1. The van der Waals surface area contributed by atoms with Crippen LogP contribution in [0.3, 0.4) is 0 Å². The Hall–Kier alpha value is -2.67. The van der Waals surface area contributed by atoms with Crippen molar-refractivity contribution in [3.63, 3.8) is 0 Å². The molecule has 0 atom stereocenters. The van der Waals surface area contributed by atoms with Gasteiger partial charge in [0.1, 0.15) is 5.82 Å². The van der Waals surface area contributed by atoms with Gasteiger partial charge in [0, 0.05) is 25.7 Å². The quantitative estimate of drug-likeness (QED) is 0.477. The lowest BCUT2D eigenvalue weighted by atomic mass is 9.87. The lowest BCUT2D eigenvalue weighted by Crippen LogP contribution is -2.27. The fraction of sp³-hybridized carbons (Fsp3) is 0.375. The molecule has 1 amide bonds. The summed E-state index contributed by atoms with van der Waals surface area (Å²) in [4.78, 5) is 14.2. The van der Waals surface area contributed by atoms with Crippen molar-refractivity contribution < 1.29 is 9.18 Å². The Kier molecular flexibility index (Phi) is 7.15. The Balaban J connectivity index is 1.66. The van der Waals surface area contributed by atoms with E-state index in [0.717, 1.165) is 22.1 Å². The molecule has 3 rings (SSSR count). The lowest BCUT2D eigenvalue weighted by molar-refractivity contribution is -0.127. The summed E-state index contributed by atoms with van der Waals surface area (Å²) in [5.74, 6) is 0.767. The van der Waals surface area contributed by atoms with E-state index in [1.165, 1.54) is 29.5 Å². The lowest BCUT2D eigenvalue weighted by Gasteiger charge is -2.19. The van der Waals surface area contributed by atoms with Gasteiger partial charge in [-0.2, -0.15) is 0 Å². The van der Waals surface area contributed by atoms with Gasteiger partial charge in [-0.25, -0.2) is 4.39 Å². The number of carbonyl (C=O) groups is 1. The van der Waals surface area contributed by atoms with Crippen molar-refractivity contribution in [2.75, 3.05) is 12.8 Å². The number of aromatic nitrogens is 3. The van der Waals surface area contributed by atoms with E-state index in [1.54, 1.807) is 24.1 Å². The largest absolute Gasteiger partial charge is 0.341 e. The van der Waals surface area contributed by atoms with Crippen LogP contribution in [0, 0.1) is 5.82 Å². The second-order valence-corrected chi connectivity index (χ2v) is 9.49. The van der Waals surface area contributed by atoms with E-state index in [1.807, 2.05) is 11.5 Å². The minimum Gasteiger partial charge on any atom is -0.341 e. The van der Waals surface area contributed by atoms with Crippen LogP contribution in [0.5, 0.6) is 0 Å². The molecular formula is C24H29FN4OS. The molecule has 0 unspecified atom stereocenters. The summed E-state index contributed by atoms with van der Waals surface area (Å²) in [6.45, 7) is 9.76. The fourth-order valence-corrected chi connectivity index (χ4v) is 4.14. The molecule has 164 valence electrons. The fourth-order valence-electron chi connectivity index (χ4n) is 3.20. The SMILES string of the molecule is CCn1c(SCC(=O)N(C)Cc2ccc(F)cc2)nnc1-c1ccc(C(C)(C)C)cc1. The minimum atomic E-state index is -0.281. The Bertz CT molecular complexity index is 1020. The highest BCUT2D eigenvalue weighted by Gasteiger charge is 2.18. The monoisotopic (exact) mass is 440 g/mol. The first-order valence-electron chi connectivity index (χ1n) is 10.3. The first-order valence-corrected chi connectivity index (χ1v) is 11.3. The average molecular weight is 441 g/mol. The van der Waals surface area contributed by atoms with E-state index in [2.05, 4.69) is 55.2 Å². The molecule has 0 bridgehead atoms. The first-order chi connectivity index (χ1) is 14.7. The third kappa shape index (κ3) is 5.73. The number of rotatable bonds is 7. The van der Waals surface area contributed by atoms with E-state index in [0.29, 0.717) is 13.1 Å². The topological polar surface area (TPSA) is 51.0 Å². The molecule has 1 heterocycles. The summed E-state index contributed by atoms with van der Waals surface area (Å²) in [5.41, 5.74) is 3.26. The molecule has 0 aliphatic heterocycles. The number of hydrogen-bond acceptors (Lipinski definition) is 4. The number of benzene rings is 2. The van der Waals surface area contributed by atoms with E-state index in [9.17, 15) is 9.18 Å². The number of carbonyl (C=O) groups excluding carboxylic acids is 1. The van der Waals surface area contributed by atoms with Crippen molar-refractivity contribution >= 4 is 17.7 Å². The Labute approximate surface area is 187 Å². The van der Waals surface area contributed by atoms with Crippen molar-refractivity contribution in [3.8, 4) is 11.4 Å². The smallest absolute Gasteiger partial charge is 0.233 e. The van der Waals surface area contributed by atoms with Gasteiger partial charge in [-0.05, 0) is 35.6 Å². The number of nitrogens with zero attached hydrogens (tertiary/aromatic N) is 4. The van der Waals surface area contributed by atoms with Gasteiger partial charge in [0.15, 0.2) is 11.0 Å². The Morgan fingerprint density at radius 1 is 1.06 bits per heavy atom. The highest BCUT2D eigenvalue weighted by Crippen LogP contribution is 2.27. The summed E-state index contributed by atoms with van der Waals surface area (Å²) in [6, 6.07) is 14.6. The highest BCUT2D eigenvalue weighted by molar-refractivity contribution is 7.99. The molecule has 1 aromatic heterocycles. The standard InChI is InChI=1S/C24H29FN4OS/c1-6-29-22(18-9-11-19(12-10-18)24(2,3)4)26-27-23(29)31-16-21(30)28(5)15-17-7-13-20(25)14-8-17/h7-14H,6,15-16H2,1-5H3. The molecule has 0 radical (unpaired) electrons. The molecule has 0 aliphatic rings. The Morgan fingerprint density at radius 3 is 2.29 bits per heavy atom. The highest BCUT2D eigenvalue weighted by atomic mass is 32.2. The van der Waals surface area contributed by atoms with E-state index in [4.69, 9.17) is 0 Å². The maximum atomic E-state index is 13.1. The summed E-state index contributed by atoms with van der Waals surface area (Å²) >= 11 is 1.38. The first kappa shape index (κ1) is 23.0. The van der Waals surface area contributed by atoms with Crippen molar-refractivity contribution in [1.29, 1.82) is 0 Å². The van der Waals surface area contributed by atoms with Gasteiger partial charge in [0.2, 0.25) is 5.91 Å². The molecule has 31 heavy (non-hydrogen) atoms. The molecule has 0 saturated carbocycles. The van der Waals surface area contributed by atoms with Gasteiger partial charge in [-0.15, -0.1) is 10.2 Å². The molecule has 2 aromatic carbocycles. The van der Waals surface area contributed by atoms with Gasteiger partial charge in [0.25, 0.3) is 0 Å². The third-order valence-electron chi connectivity index (χ3n) is 5.13. The zero-order chi connectivity index (χ0) is 22.6. The predicted octanol–water partition coefficient (Wildman–Crippen LogP) is 5.15. The van der Waals surface area contributed by atoms with Crippen LogP contribution in [0.4, 0.5) is 4.39 Å². The third-order valence-corrected chi connectivity index (χ3v) is 6.08. The van der Waals surface area contributed by atoms with E-state index >= 15 is 0 Å². The number of hydrogen-bond donors (Lipinski definition) is 0. The van der Waals surface area contributed by atoms with E-state index < -0.39 is 0 Å². The second kappa shape index (κ2) is 9.64. The van der Waals surface area contributed by atoms with Crippen molar-refractivity contribution in [2.45, 2.75) is 51.4 Å². The van der Waals surface area contributed by atoms with Crippen LogP contribution >= 0.6 is 11.8 Å². The number of thioether (sulfide) groups is 1. The molecule has 0 fully saturated rings. The van der Waals surface area contributed by atoms with Gasteiger partial charge in [-0.1, -0.05) is 68.9 Å². The normalized spacial score (nSPS) is 11.5. The summed E-state index contributed by atoms with van der Waals surface area (Å²) in [7, 11) is 1.75. The summed E-state index contributed by atoms with van der Waals surface area (Å²) < 4.78 is 15.1. The molecular weight excluding hydrogens is 411 g/mol. The molecule has 5 nitrogen and oxygen atoms in total. The van der Waals surface area contributed by atoms with E-state index in [-0.39, 0.29) is 22.9 Å². The van der Waals surface area contributed by atoms with Crippen LogP contribution in [-0.2, 0) is 23.3 Å². The van der Waals surface area contributed by atoms with Crippen LogP contribution in [0.2, 0.25) is 0 Å². The summed E-state index contributed by atoms with van der Waals surface area (Å²) in [5, 5.41) is 9.43. The minimum absolute atomic E-state index is 0.0175. The molecule has 0 aliphatic carbocycles. The van der Waals surface area contributed by atoms with Gasteiger partial charge in [-0.3, -0.25) is 4.79 Å². The molecule has 7 heteroatoms. The van der Waals surface area contributed by atoms with Gasteiger partial charge >= 0.3 is 0 Å². The maximum absolute atomic E-state index is 13.1. The zero-order valence-electron chi connectivity index (χ0n) is 18.7. The van der Waals surface area contributed by atoms with Crippen LogP contribution < -0.4 is 0 Å².